The van der Waals surface area contributed by atoms with Crippen LogP contribution in [0.1, 0.15) is 40.4 Å². The number of carboxylic acid groups (broad SMARTS) is 1. The van der Waals surface area contributed by atoms with Gasteiger partial charge in [0, 0.05) is 6.54 Å². The molecule has 0 bridgehead atoms. The Morgan fingerprint density at radius 2 is 2.00 bits per heavy atom. The quantitative estimate of drug-likeness (QED) is 0.941. The Labute approximate surface area is 133 Å². The Hall–Kier alpha value is -2.14. The number of rotatable bonds is 4. The number of likely N-dealkylation sites (tertiary alicyclic amines) is 1. The number of carbonyl (C=O) groups excluding carboxylic acids is 1. The van der Waals surface area contributed by atoms with E-state index in [9.17, 15) is 9.59 Å². The first kappa shape index (κ1) is 14.8. The van der Waals surface area contributed by atoms with Gasteiger partial charge in [-0.1, -0.05) is 12.1 Å². The Balaban J connectivity index is 1.69. The second kappa shape index (κ2) is 6.32. The highest BCUT2D eigenvalue weighted by molar-refractivity contribution is 7.07. The normalized spacial score (nSPS) is 17.6. The molecule has 0 saturated carbocycles. The maximum Gasteiger partial charge on any atom is 0.335 e. The molecule has 4 nitrogen and oxygen atoms in total. The topological polar surface area (TPSA) is 57.6 Å². The van der Waals surface area contributed by atoms with Crippen molar-refractivity contribution < 1.29 is 14.7 Å². The predicted octanol–water partition coefficient (Wildman–Crippen LogP) is 3.35. The van der Waals surface area contributed by atoms with Crippen LogP contribution in [0.4, 0.5) is 0 Å². The lowest BCUT2D eigenvalue weighted by molar-refractivity contribution is -0.131. The molecule has 0 spiro atoms. The summed E-state index contributed by atoms with van der Waals surface area (Å²) in [6.07, 6.45) is 2.37. The molecule has 1 fully saturated rings. The van der Waals surface area contributed by atoms with Gasteiger partial charge in [-0.3, -0.25) is 4.79 Å². The van der Waals surface area contributed by atoms with Gasteiger partial charge in [-0.15, -0.1) is 0 Å². The molecule has 1 aliphatic heterocycles. The number of amides is 1. The second-order valence-corrected chi connectivity index (χ2v) is 6.26. The summed E-state index contributed by atoms with van der Waals surface area (Å²) in [5.41, 5.74) is 2.32. The summed E-state index contributed by atoms with van der Waals surface area (Å²) in [5.74, 6) is -0.841. The van der Waals surface area contributed by atoms with E-state index >= 15 is 0 Å². The minimum absolute atomic E-state index is 0.108. The van der Waals surface area contributed by atoms with Crippen molar-refractivity contribution >= 4 is 23.2 Å². The maximum atomic E-state index is 12.6. The molecule has 22 heavy (non-hydrogen) atoms. The third-order valence-corrected chi connectivity index (χ3v) is 4.76. The zero-order valence-corrected chi connectivity index (χ0v) is 12.9. The van der Waals surface area contributed by atoms with E-state index in [1.807, 2.05) is 10.3 Å². The third kappa shape index (κ3) is 3.04. The van der Waals surface area contributed by atoms with Crippen LogP contribution < -0.4 is 0 Å². The molecule has 0 unspecified atom stereocenters. The van der Waals surface area contributed by atoms with Crippen LogP contribution in [-0.4, -0.2) is 28.4 Å². The molecule has 1 saturated heterocycles. The van der Waals surface area contributed by atoms with Crippen molar-refractivity contribution in [2.24, 2.45) is 0 Å². The zero-order valence-electron chi connectivity index (χ0n) is 12.1. The summed E-state index contributed by atoms with van der Waals surface area (Å²) in [7, 11) is 0. The smallest absolute Gasteiger partial charge is 0.335 e. The number of benzene rings is 1. The van der Waals surface area contributed by atoms with Crippen molar-refractivity contribution in [3.8, 4) is 0 Å². The van der Waals surface area contributed by atoms with Crippen LogP contribution in [0.15, 0.2) is 41.1 Å². The van der Waals surface area contributed by atoms with Crippen molar-refractivity contribution in [2.75, 3.05) is 6.54 Å². The monoisotopic (exact) mass is 315 g/mol. The van der Waals surface area contributed by atoms with Crippen LogP contribution in [0.3, 0.4) is 0 Å². The molecule has 3 rings (SSSR count). The average molecular weight is 315 g/mol. The van der Waals surface area contributed by atoms with E-state index in [2.05, 4.69) is 11.4 Å². The highest BCUT2D eigenvalue weighted by atomic mass is 32.1. The minimum atomic E-state index is -0.949. The molecular weight excluding hydrogens is 298 g/mol. The molecular formula is C17H17NO3S. The summed E-state index contributed by atoms with van der Waals surface area (Å²) in [5, 5.41) is 13.0. The number of nitrogens with zero attached hydrogens (tertiary/aromatic N) is 1. The third-order valence-electron chi connectivity index (χ3n) is 4.06. The lowest BCUT2D eigenvalue weighted by Gasteiger charge is -2.24. The zero-order chi connectivity index (χ0) is 15.5. The van der Waals surface area contributed by atoms with E-state index in [0.717, 1.165) is 24.9 Å². The van der Waals surface area contributed by atoms with Gasteiger partial charge in [-0.25, -0.2) is 4.79 Å². The van der Waals surface area contributed by atoms with E-state index in [1.54, 1.807) is 35.6 Å². The first-order valence-corrected chi connectivity index (χ1v) is 8.23. The number of hydrogen-bond donors (Lipinski definition) is 1. The number of carbonyl (C=O) groups is 2. The van der Waals surface area contributed by atoms with Crippen LogP contribution in [0.5, 0.6) is 0 Å². The van der Waals surface area contributed by atoms with Crippen LogP contribution in [0, 0.1) is 0 Å². The molecule has 2 heterocycles. The van der Waals surface area contributed by atoms with Gasteiger partial charge in [-0.05, 0) is 52.9 Å². The number of aromatic carboxylic acids is 1. The van der Waals surface area contributed by atoms with Gasteiger partial charge in [0.1, 0.15) is 0 Å². The fourth-order valence-corrected chi connectivity index (χ4v) is 3.62. The maximum absolute atomic E-state index is 12.6. The first-order valence-electron chi connectivity index (χ1n) is 7.29. The fraction of sp³-hybridized carbons (Fsp3) is 0.294. The predicted molar refractivity (Wildman–Crippen MR) is 85.1 cm³/mol. The highest BCUT2D eigenvalue weighted by Crippen LogP contribution is 2.33. The standard InChI is InChI=1S/C17H17NO3S/c19-16(10-12-3-5-13(6-4-12)17(20)21)18-8-1-2-15(18)14-7-9-22-11-14/h3-7,9,11,15H,1-2,8,10H2,(H,20,21)/t15-/m1/s1. The van der Waals surface area contributed by atoms with Crippen molar-refractivity contribution in [3.63, 3.8) is 0 Å². The van der Waals surface area contributed by atoms with E-state index in [1.165, 1.54) is 5.56 Å². The Morgan fingerprint density at radius 3 is 2.64 bits per heavy atom. The lowest BCUT2D eigenvalue weighted by Crippen LogP contribution is -2.31. The Kier molecular flexibility index (Phi) is 4.24. The Morgan fingerprint density at radius 1 is 1.23 bits per heavy atom. The molecule has 1 atom stereocenters. The van der Waals surface area contributed by atoms with E-state index < -0.39 is 5.97 Å². The SMILES string of the molecule is O=C(O)c1ccc(CC(=O)N2CCC[C@@H]2c2ccsc2)cc1. The molecule has 1 aliphatic rings. The van der Waals surface area contributed by atoms with Crippen LogP contribution in [-0.2, 0) is 11.2 Å². The molecule has 1 aromatic heterocycles. The molecule has 1 amide bonds. The van der Waals surface area contributed by atoms with E-state index in [0.29, 0.717) is 6.42 Å². The van der Waals surface area contributed by atoms with Gasteiger partial charge >= 0.3 is 5.97 Å². The Bertz CT molecular complexity index is 664. The summed E-state index contributed by atoms with van der Waals surface area (Å²) >= 11 is 1.65. The number of thiophene rings is 1. The summed E-state index contributed by atoms with van der Waals surface area (Å²) in [6, 6.07) is 8.81. The molecule has 114 valence electrons. The molecule has 2 aromatic rings. The number of hydrogen-bond acceptors (Lipinski definition) is 3. The van der Waals surface area contributed by atoms with Crippen molar-refractivity contribution in [2.45, 2.75) is 25.3 Å². The molecule has 0 radical (unpaired) electrons. The first-order chi connectivity index (χ1) is 10.6. The highest BCUT2D eigenvalue weighted by Gasteiger charge is 2.29. The van der Waals surface area contributed by atoms with Crippen molar-refractivity contribution in [1.82, 2.24) is 4.90 Å². The van der Waals surface area contributed by atoms with Gasteiger partial charge in [0.25, 0.3) is 0 Å². The van der Waals surface area contributed by atoms with Gasteiger partial charge < -0.3 is 10.0 Å². The molecule has 5 heteroatoms. The summed E-state index contributed by atoms with van der Waals surface area (Å²) in [6.45, 7) is 0.798. The minimum Gasteiger partial charge on any atom is -0.478 e. The van der Waals surface area contributed by atoms with Crippen LogP contribution >= 0.6 is 11.3 Å². The second-order valence-electron chi connectivity index (χ2n) is 5.48. The molecule has 1 aromatic carbocycles. The summed E-state index contributed by atoms with van der Waals surface area (Å²) in [4.78, 5) is 25.3. The van der Waals surface area contributed by atoms with Gasteiger partial charge in [0.2, 0.25) is 5.91 Å². The largest absolute Gasteiger partial charge is 0.478 e. The van der Waals surface area contributed by atoms with Crippen LogP contribution in [0.2, 0.25) is 0 Å². The number of carboxylic acids is 1. The van der Waals surface area contributed by atoms with E-state index in [-0.39, 0.29) is 17.5 Å². The molecule has 1 N–H and O–H groups in total. The lowest BCUT2D eigenvalue weighted by atomic mass is 10.1. The van der Waals surface area contributed by atoms with Gasteiger partial charge in [-0.2, -0.15) is 11.3 Å². The van der Waals surface area contributed by atoms with Gasteiger partial charge in [0.15, 0.2) is 0 Å². The van der Waals surface area contributed by atoms with Crippen molar-refractivity contribution in [1.29, 1.82) is 0 Å². The molecule has 0 aliphatic carbocycles. The van der Waals surface area contributed by atoms with E-state index in [4.69, 9.17) is 5.11 Å². The summed E-state index contributed by atoms with van der Waals surface area (Å²) < 4.78 is 0. The van der Waals surface area contributed by atoms with Crippen LogP contribution in [0.25, 0.3) is 0 Å². The van der Waals surface area contributed by atoms with Crippen molar-refractivity contribution in [3.05, 3.63) is 57.8 Å². The average Bonchev–Trinajstić information content (AvgIpc) is 3.18. The fourth-order valence-electron chi connectivity index (χ4n) is 2.92. The van der Waals surface area contributed by atoms with Gasteiger partial charge in [0.05, 0.1) is 18.0 Å².